The van der Waals surface area contributed by atoms with Crippen LogP contribution in [-0.4, -0.2) is 28.8 Å². The monoisotopic (exact) mass is 491 g/mol. The number of aryl methyl sites for hydroxylation is 2. The first kappa shape index (κ1) is 22.2. The highest BCUT2D eigenvalue weighted by atomic mass is 127. The summed E-state index contributed by atoms with van der Waals surface area (Å²) in [5.74, 6) is 0.815. The lowest BCUT2D eigenvalue weighted by molar-refractivity contribution is 0.635. The van der Waals surface area contributed by atoms with Crippen LogP contribution in [0, 0.1) is 13.8 Å². The lowest BCUT2D eigenvalue weighted by Gasteiger charge is -2.18. The maximum Gasteiger partial charge on any atom is 0.191 e. The zero-order chi connectivity index (χ0) is 19.4. The van der Waals surface area contributed by atoms with Crippen molar-refractivity contribution in [1.29, 1.82) is 0 Å². The smallest absolute Gasteiger partial charge is 0.191 e. The van der Waals surface area contributed by atoms with E-state index in [0.717, 1.165) is 24.6 Å². The van der Waals surface area contributed by atoms with Crippen LogP contribution in [0.15, 0.2) is 47.5 Å². The molecular weight excluding hydrogens is 461 g/mol. The molecule has 0 aliphatic rings. The molecule has 28 heavy (non-hydrogen) atoms. The predicted molar refractivity (Wildman–Crippen MR) is 129 cm³/mol. The Hall–Kier alpha value is -2.09. The molecule has 0 aliphatic heterocycles. The molecule has 1 unspecified atom stereocenters. The van der Waals surface area contributed by atoms with Crippen LogP contribution in [0.4, 0.5) is 0 Å². The highest BCUT2D eigenvalue weighted by molar-refractivity contribution is 14.0. The van der Waals surface area contributed by atoms with Crippen LogP contribution >= 0.6 is 24.0 Å². The first-order valence-electron chi connectivity index (χ1n) is 9.42. The summed E-state index contributed by atoms with van der Waals surface area (Å²) in [4.78, 5) is 4.37. The third-order valence-electron chi connectivity index (χ3n) is 5.05. The molecule has 1 heterocycles. The van der Waals surface area contributed by atoms with E-state index < -0.39 is 0 Å². The van der Waals surface area contributed by atoms with E-state index in [9.17, 15) is 0 Å². The summed E-state index contributed by atoms with van der Waals surface area (Å²) in [5.41, 5.74) is 4.87. The fourth-order valence-electron chi connectivity index (χ4n) is 3.43. The molecular formula is C22H30IN5. The summed E-state index contributed by atoms with van der Waals surface area (Å²) < 4.78 is 1.95. The molecule has 1 atom stereocenters. The Labute approximate surface area is 184 Å². The van der Waals surface area contributed by atoms with Crippen molar-refractivity contribution >= 4 is 40.7 Å². The number of hydrogen-bond donors (Lipinski definition) is 2. The Morgan fingerprint density at radius 2 is 1.86 bits per heavy atom. The zero-order valence-corrected chi connectivity index (χ0v) is 19.6. The third kappa shape index (κ3) is 5.25. The van der Waals surface area contributed by atoms with Gasteiger partial charge in [-0.15, -0.1) is 24.0 Å². The Morgan fingerprint density at radius 1 is 1.14 bits per heavy atom. The van der Waals surface area contributed by atoms with Crippen molar-refractivity contribution in [3.63, 3.8) is 0 Å². The molecule has 0 amide bonds. The molecule has 0 saturated heterocycles. The second-order valence-electron chi connectivity index (χ2n) is 7.13. The minimum atomic E-state index is 0. The van der Waals surface area contributed by atoms with E-state index in [2.05, 4.69) is 84.0 Å². The summed E-state index contributed by atoms with van der Waals surface area (Å²) in [6, 6.07) is 15.2. The van der Waals surface area contributed by atoms with E-state index >= 15 is 0 Å². The van der Waals surface area contributed by atoms with Crippen molar-refractivity contribution in [3.05, 3.63) is 65.0 Å². The molecule has 1 aromatic heterocycles. The molecule has 0 radical (unpaired) electrons. The summed E-state index contributed by atoms with van der Waals surface area (Å²) in [7, 11) is 3.80. The molecule has 150 valence electrons. The van der Waals surface area contributed by atoms with Crippen molar-refractivity contribution in [2.75, 3.05) is 7.05 Å². The van der Waals surface area contributed by atoms with Crippen LogP contribution in [0.1, 0.15) is 29.4 Å². The summed E-state index contributed by atoms with van der Waals surface area (Å²) >= 11 is 0. The number of halogens is 1. The highest BCUT2D eigenvalue weighted by Gasteiger charge is 2.14. The number of nitrogens with zero attached hydrogens (tertiary/aromatic N) is 3. The minimum absolute atomic E-state index is 0. The Bertz CT molecular complexity index is 961. The van der Waals surface area contributed by atoms with Crippen molar-refractivity contribution in [1.82, 2.24) is 20.4 Å². The number of aromatic nitrogens is 2. The molecule has 0 bridgehead atoms. The van der Waals surface area contributed by atoms with Gasteiger partial charge in [-0.25, -0.2) is 0 Å². The SMILES string of the molecule is CN=C(NCc1ccc2ccccc2c1)NC(C)Cc1c(C)nn(C)c1C.I. The Kier molecular flexibility index (Phi) is 7.86. The van der Waals surface area contributed by atoms with E-state index in [0.29, 0.717) is 0 Å². The summed E-state index contributed by atoms with van der Waals surface area (Å²) in [6.07, 6.45) is 0.919. The number of nitrogens with one attached hydrogen (secondary N) is 2. The fourth-order valence-corrected chi connectivity index (χ4v) is 3.43. The first-order chi connectivity index (χ1) is 13.0. The number of guanidine groups is 1. The topological polar surface area (TPSA) is 54.2 Å². The Balaban J connectivity index is 0.00000280. The van der Waals surface area contributed by atoms with Gasteiger partial charge in [0.25, 0.3) is 0 Å². The minimum Gasteiger partial charge on any atom is -0.354 e. The normalized spacial score (nSPS) is 12.5. The largest absolute Gasteiger partial charge is 0.354 e. The van der Waals surface area contributed by atoms with E-state index in [-0.39, 0.29) is 30.0 Å². The van der Waals surface area contributed by atoms with Crippen LogP contribution in [0.3, 0.4) is 0 Å². The van der Waals surface area contributed by atoms with Gasteiger partial charge in [-0.3, -0.25) is 9.67 Å². The van der Waals surface area contributed by atoms with Crippen LogP contribution in [0.5, 0.6) is 0 Å². The molecule has 0 aliphatic carbocycles. The molecule has 5 nitrogen and oxygen atoms in total. The lowest BCUT2D eigenvalue weighted by Crippen LogP contribution is -2.42. The quantitative estimate of drug-likeness (QED) is 0.321. The van der Waals surface area contributed by atoms with Gasteiger partial charge in [-0.1, -0.05) is 36.4 Å². The molecule has 0 fully saturated rings. The van der Waals surface area contributed by atoms with E-state index in [1.54, 1.807) is 0 Å². The van der Waals surface area contributed by atoms with Gasteiger partial charge in [0.1, 0.15) is 0 Å². The van der Waals surface area contributed by atoms with E-state index in [4.69, 9.17) is 0 Å². The van der Waals surface area contributed by atoms with Crippen molar-refractivity contribution in [2.24, 2.45) is 12.0 Å². The van der Waals surface area contributed by atoms with Gasteiger partial charge in [0.05, 0.1) is 5.69 Å². The zero-order valence-electron chi connectivity index (χ0n) is 17.3. The number of hydrogen-bond acceptors (Lipinski definition) is 2. The number of rotatable bonds is 5. The van der Waals surface area contributed by atoms with Gasteiger partial charge in [-0.05, 0) is 55.2 Å². The average molecular weight is 491 g/mol. The summed E-state index contributed by atoms with van der Waals surface area (Å²) in [5, 5.41) is 13.9. The number of aliphatic imine (C=N–C) groups is 1. The molecule has 0 spiro atoms. The van der Waals surface area contributed by atoms with Crippen LogP contribution < -0.4 is 10.6 Å². The van der Waals surface area contributed by atoms with E-state index in [1.165, 1.54) is 27.6 Å². The van der Waals surface area contributed by atoms with Crippen LogP contribution in [0.2, 0.25) is 0 Å². The molecule has 6 heteroatoms. The van der Waals surface area contributed by atoms with Gasteiger partial charge in [0.2, 0.25) is 0 Å². The average Bonchev–Trinajstić information content (AvgIpc) is 2.91. The fraction of sp³-hybridized carbons (Fsp3) is 0.364. The molecule has 2 aromatic carbocycles. The molecule has 3 rings (SSSR count). The van der Waals surface area contributed by atoms with Crippen LogP contribution in [-0.2, 0) is 20.0 Å². The van der Waals surface area contributed by atoms with Crippen molar-refractivity contribution in [2.45, 2.75) is 39.8 Å². The first-order valence-corrected chi connectivity index (χ1v) is 9.42. The summed E-state index contributed by atoms with van der Waals surface area (Å²) in [6.45, 7) is 7.10. The van der Waals surface area contributed by atoms with Gasteiger partial charge >= 0.3 is 0 Å². The second-order valence-corrected chi connectivity index (χ2v) is 7.13. The standard InChI is InChI=1S/C22H29N5.HI/c1-15(12-21-16(2)26-27(5)17(21)3)25-22(23-4)24-14-18-10-11-19-8-6-7-9-20(19)13-18;/h6-11,13,15H,12,14H2,1-5H3,(H2,23,24,25);1H. The van der Waals surface area contributed by atoms with Crippen LogP contribution in [0.25, 0.3) is 10.8 Å². The van der Waals surface area contributed by atoms with Crippen molar-refractivity contribution in [3.8, 4) is 0 Å². The maximum absolute atomic E-state index is 4.51. The predicted octanol–water partition coefficient (Wildman–Crippen LogP) is 4.10. The molecule has 2 N–H and O–H groups in total. The molecule has 0 saturated carbocycles. The Morgan fingerprint density at radius 3 is 2.50 bits per heavy atom. The van der Waals surface area contributed by atoms with Gasteiger partial charge in [-0.2, -0.15) is 5.10 Å². The number of fused-ring (bicyclic) bond motifs is 1. The van der Waals surface area contributed by atoms with Gasteiger partial charge in [0, 0.05) is 32.4 Å². The third-order valence-corrected chi connectivity index (χ3v) is 5.05. The van der Waals surface area contributed by atoms with Crippen molar-refractivity contribution < 1.29 is 0 Å². The van der Waals surface area contributed by atoms with E-state index in [1.807, 2.05) is 18.8 Å². The van der Waals surface area contributed by atoms with Gasteiger partial charge < -0.3 is 10.6 Å². The maximum atomic E-state index is 4.51. The van der Waals surface area contributed by atoms with Gasteiger partial charge in [0.15, 0.2) is 5.96 Å². The highest BCUT2D eigenvalue weighted by Crippen LogP contribution is 2.16. The molecule has 3 aromatic rings. The lowest BCUT2D eigenvalue weighted by atomic mass is 10.1. The number of benzene rings is 2. The second kappa shape index (κ2) is 9.91.